The highest BCUT2D eigenvalue weighted by atomic mass is 19.1. The van der Waals surface area contributed by atoms with Crippen LogP contribution in [0.25, 0.3) is 38.9 Å². The van der Waals surface area contributed by atoms with Gasteiger partial charge in [-0.15, -0.1) is 0 Å². The standard InChI is InChI=1S/C28H22FN7O2/c1-15-5-3-4-6-21(15)36-18(12-20-23(28(36)38)16(2)9-10-31-20)13-35-27-24(26(30)32-14-33-27)25(34-35)17-7-8-19(29)22(37)11-17/h3-12,14,37H,13H2,1-2H3,(H2,30,32,33). The van der Waals surface area contributed by atoms with Crippen molar-refractivity contribution in [3.8, 4) is 22.7 Å². The van der Waals surface area contributed by atoms with Crippen LogP contribution in [0.5, 0.6) is 5.75 Å². The molecule has 0 fully saturated rings. The van der Waals surface area contributed by atoms with E-state index in [9.17, 15) is 14.3 Å². The van der Waals surface area contributed by atoms with E-state index in [-0.39, 0.29) is 17.9 Å². The highest BCUT2D eigenvalue weighted by Gasteiger charge is 2.21. The molecule has 3 N–H and O–H groups in total. The molecule has 0 bridgehead atoms. The number of phenols is 1. The highest BCUT2D eigenvalue weighted by molar-refractivity contribution is 5.98. The van der Waals surface area contributed by atoms with Crippen LogP contribution in [0, 0.1) is 19.7 Å². The SMILES string of the molecule is Cc1ccccc1-n1c(Cn2nc(-c3ccc(F)c(O)c3)c3c(N)ncnc32)cc2nccc(C)c2c1=O. The second kappa shape index (κ2) is 8.77. The van der Waals surface area contributed by atoms with Gasteiger partial charge in [0.2, 0.25) is 0 Å². The lowest BCUT2D eigenvalue weighted by molar-refractivity contribution is 0.432. The van der Waals surface area contributed by atoms with Crippen molar-refractivity contribution >= 4 is 27.8 Å². The van der Waals surface area contributed by atoms with E-state index < -0.39 is 11.6 Å². The van der Waals surface area contributed by atoms with Gasteiger partial charge in [0.05, 0.1) is 34.2 Å². The van der Waals surface area contributed by atoms with Gasteiger partial charge in [-0.2, -0.15) is 5.10 Å². The van der Waals surface area contributed by atoms with Gasteiger partial charge in [-0.25, -0.2) is 19.0 Å². The first-order chi connectivity index (χ1) is 18.3. The van der Waals surface area contributed by atoms with Gasteiger partial charge in [0.15, 0.2) is 17.2 Å². The number of aromatic nitrogens is 6. The topological polar surface area (TPSA) is 125 Å². The molecule has 0 aliphatic rings. The van der Waals surface area contributed by atoms with Crippen LogP contribution in [0.2, 0.25) is 0 Å². The van der Waals surface area contributed by atoms with Gasteiger partial charge in [-0.3, -0.25) is 14.3 Å². The second-order valence-electron chi connectivity index (χ2n) is 9.08. The molecule has 0 radical (unpaired) electrons. The zero-order valence-corrected chi connectivity index (χ0v) is 20.6. The van der Waals surface area contributed by atoms with Crippen LogP contribution in [-0.2, 0) is 6.54 Å². The first-order valence-electron chi connectivity index (χ1n) is 11.9. The van der Waals surface area contributed by atoms with Crippen molar-refractivity contribution in [2.24, 2.45) is 0 Å². The fraction of sp³-hybridized carbons (Fsp3) is 0.107. The van der Waals surface area contributed by atoms with Crippen molar-refractivity contribution in [3.05, 3.63) is 100 Å². The van der Waals surface area contributed by atoms with Crippen molar-refractivity contribution in [2.75, 3.05) is 5.73 Å². The summed E-state index contributed by atoms with van der Waals surface area (Å²) >= 11 is 0. The summed E-state index contributed by atoms with van der Waals surface area (Å²) < 4.78 is 17.1. The number of aryl methyl sites for hydroxylation is 2. The largest absolute Gasteiger partial charge is 0.505 e. The van der Waals surface area contributed by atoms with E-state index >= 15 is 0 Å². The molecule has 38 heavy (non-hydrogen) atoms. The molecule has 0 unspecified atom stereocenters. The minimum atomic E-state index is -0.747. The number of halogens is 1. The average molecular weight is 508 g/mol. The Morgan fingerprint density at radius 2 is 1.79 bits per heavy atom. The molecule has 0 spiro atoms. The number of para-hydroxylation sites is 1. The van der Waals surface area contributed by atoms with Crippen molar-refractivity contribution in [2.45, 2.75) is 20.4 Å². The molecule has 0 aliphatic heterocycles. The summed E-state index contributed by atoms with van der Waals surface area (Å²) in [7, 11) is 0. The first-order valence-corrected chi connectivity index (χ1v) is 11.9. The van der Waals surface area contributed by atoms with Crippen LogP contribution in [0.15, 0.2) is 71.9 Å². The minimum Gasteiger partial charge on any atom is -0.505 e. The molecule has 0 atom stereocenters. The van der Waals surface area contributed by atoms with Gasteiger partial charge < -0.3 is 10.8 Å². The van der Waals surface area contributed by atoms with Crippen LogP contribution in [-0.4, -0.2) is 34.4 Å². The summed E-state index contributed by atoms with van der Waals surface area (Å²) in [5.41, 5.74) is 11.0. The number of hydrogen-bond donors (Lipinski definition) is 2. The maximum Gasteiger partial charge on any atom is 0.265 e. The summed E-state index contributed by atoms with van der Waals surface area (Å²) in [5.74, 6) is -1.07. The first kappa shape index (κ1) is 23.3. The smallest absolute Gasteiger partial charge is 0.265 e. The Labute approximate surface area is 215 Å². The zero-order chi connectivity index (χ0) is 26.6. The van der Waals surface area contributed by atoms with Crippen LogP contribution in [0.3, 0.4) is 0 Å². The average Bonchev–Trinajstić information content (AvgIpc) is 3.26. The molecule has 6 rings (SSSR count). The monoisotopic (exact) mass is 507 g/mol. The number of phenolic OH excluding ortho intramolecular Hbond substituents is 1. The van der Waals surface area contributed by atoms with E-state index in [0.717, 1.165) is 22.9 Å². The Kier molecular flexibility index (Phi) is 5.37. The molecule has 0 amide bonds. The Morgan fingerprint density at radius 1 is 0.974 bits per heavy atom. The molecule has 0 saturated carbocycles. The molecule has 4 heterocycles. The number of aromatic hydroxyl groups is 1. The van der Waals surface area contributed by atoms with Crippen LogP contribution in [0.1, 0.15) is 16.8 Å². The lowest BCUT2D eigenvalue weighted by Crippen LogP contribution is -2.25. The van der Waals surface area contributed by atoms with Gasteiger partial charge in [0.25, 0.3) is 5.56 Å². The van der Waals surface area contributed by atoms with Gasteiger partial charge in [0.1, 0.15) is 17.8 Å². The molecule has 0 aliphatic carbocycles. The van der Waals surface area contributed by atoms with Gasteiger partial charge in [0, 0.05) is 11.8 Å². The van der Waals surface area contributed by atoms with Crippen molar-refractivity contribution in [1.82, 2.24) is 29.3 Å². The predicted octanol–water partition coefficient (Wildman–Crippen LogP) is 4.28. The molecular formula is C28H22FN7O2. The van der Waals surface area contributed by atoms with Crippen molar-refractivity contribution < 1.29 is 9.50 Å². The van der Waals surface area contributed by atoms with Gasteiger partial charge >= 0.3 is 0 Å². The summed E-state index contributed by atoms with van der Waals surface area (Å²) in [6, 6.07) is 15.3. The Morgan fingerprint density at radius 3 is 2.58 bits per heavy atom. The summed E-state index contributed by atoms with van der Waals surface area (Å²) in [6.45, 7) is 3.98. The minimum absolute atomic E-state index is 0.148. The lowest BCUT2D eigenvalue weighted by atomic mass is 10.1. The van der Waals surface area contributed by atoms with E-state index in [0.29, 0.717) is 38.9 Å². The quantitative estimate of drug-likeness (QED) is 0.365. The van der Waals surface area contributed by atoms with Crippen LogP contribution >= 0.6 is 0 Å². The summed E-state index contributed by atoms with van der Waals surface area (Å²) in [4.78, 5) is 26.9. The number of fused-ring (bicyclic) bond motifs is 2. The number of nitrogens with two attached hydrogens (primary N) is 1. The summed E-state index contributed by atoms with van der Waals surface area (Å²) in [6.07, 6.45) is 3.01. The number of hydrogen-bond acceptors (Lipinski definition) is 7. The predicted molar refractivity (Wildman–Crippen MR) is 143 cm³/mol. The number of benzene rings is 2. The second-order valence-corrected chi connectivity index (χ2v) is 9.08. The third-order valence-corrected chi connectivity index (χ3v) is 6.64. The third-order valence-electron chi connectivity index (χ3n) is 6.64. The molecule has 188 valence electrons. The van der Waals surface area contributed by atoms with E-state index in [1.807, 2.05) is 50.2 Å². The molecule has 0 saturated heterocycles. The van der Waals surface area contributed by atoms with Crippen LogP contribution in [0.4, 0.5) is 10.2 Å². The van der Waals surface area contributed by atoms with E-state index in [1.165, 1.54) is 18.5 Å². The van der Waals surface area contributed by atoms with Crippen LogP contribution < -0.4 is 11.3 Å². The molecule has 6 aromatic rings. The van der Waals surface area contributed by atoms with E-state index in [4.69, 9.17) is 10.8 Å². The fourth-order valence-electron chi connectivity index (χ4n) is 4.78. The Hall–Kier alpha value is -5.12. The molecule has 4 aromatic heterocycles. The fourth-order valence-corrected chi connectivity index (χ4v) is 4.78. The number of nitrogen functional groups attached to an aromatic ring is 1. The number of rotatable bonds is 4. The van der Waals surface area contributed by atoms with Crippen molar-refractivity contribution in [3.63, 3.8) is 0 Å². The lowest BCUT2D eigenvalue weighted by Gasteiger charge is -2.17. The van der Waals surface area contributed by atoms with Gasteiger partial charge in [-0.1, -0.05) is 18.2 Å². The maximum absolute atomic E-state index is 13.9. The Balaban J connectivity index is 1.62. The molecule has 2 aromatic carbocycles. The number of pyridine rings is 2. The molecule has 9 nitrogen and oxygen atoms in total. The van der Waals surface area contributed by atoms with E-state index in [2.05, 4.69) is 15.0 Å². The third kappa shape index (κ3) is 3.65. The number of anilines is 1. The molecule has 10 heteroatoms. The Bertz CT molecular complexity index is 1940. The normalized spacial score (nSPS) is 11.4. The zero-order valence-electron chi connectivity index (χ0n) is 20.6. The maximum atomic E-state index is 13.9. The van der Waals surface area contributed by atoms with Crippen molar-refractivity contribution in [1.29, 1.82) is 0 Å². The number of nitrogens with zero attached hydrogens (tertiary/aromatic N) is 6. The molecular weight excluding hydrogens is 485 g/mol. The van der Waals surface area contributed by atoms with Gasteiger partial charge in [-0.05, 0) is 61.4 Å². The summed E-state index contributed by atoms with van der Waals surface area (Å²) in [5, 5.41) is 15.7. The highest BCUT2D eigenvalue weighted by Crippen LogP contribution is 2.33. The van der Waals surface area contributed by atoms with E-state index in [1.54, 1.807) is 15.4 Å².